The third kappa shape index (κ3) is 4.47. The van der Waals surface area contributed by atoms with Gasteiger partial charge < -0.3 is 15.6 Å². The van der Waals surface area contributed by atoms with E-state index in [1.54, 1.807) is 13.8 Å². The van der Waals surface area contributed by atoms with Gasteiger partial charge in [-0.15, -0.1) is 0 Å². The Hall–Kier alpha value is -1.10. The Kier molecular flexibility index (Phi) is 5.06. The first kappa shape index (κ1) is 11.9. The van der Waals surface area contributed by atoms with Gasteiger partial charge in [0.2, 0.25) is 0 Å². The van der Waals surface area contributed by atoms with Gasteiger partial charge in [0.05, 0.1) is 13.0 Å². The molecule has 0 aromatic rings. The van der Waals surface area contributed by atoms with Crippen molar-refractivity contribution in [3.05, 3.63) is 0 Å². The van der Waals surface area contributed by atoms with E-state index in [1.165, 1.54) is 0 Å². The molecule has 2 atom stereocenters. The second-order valence-electron chi connectivity index (χ2n) is 2.85. The van der Waals surface area contributed by atoms with Crippen LogP contribution in [-0.2, 0) is 14.3 Å². The molecule has 5 heteroatoms. The van der Waals surface area contributed by atoms with E-state index in [2.05, 4.69) is 4.74 Å². The summed E-state index contributed by atoms with van der Waals surface area (Å²) in [5.74, 6) is -1.92. The van der Waals surface area contributed by atoms with Gasteiger partial charge in [-0.3, -0.25) is 9.59 Å². The van der Waals surface area contributed by atoms with E-state index < -0.39 is 23.9 Å². The predicted molar refractivity (Wildman–Crippen MR) is 46.0 cm³/mol. The van der Waals surface area contributed by atoms with E-state index in [0.29, 0.717) is 6.61 Å². The topological polar surface area (TPSA) is 89.6 Å². The molecule has 0 radical (unpaired) electrons. The molecule has 0 aliphatic carbocycles. The van der Waals surface area contributed by atoms with Crippen LogP contribution in [0.25, 0.3) is 0 Å². The van der Waals surface area contributed by atoms with Gasteiger partial charge in [0, 0.05) is 0 Å². The summed E-state index contributed by atoms with van der Waals surface area (Å²) in [4.78, 5) is 21.3. The molecule has 0 rings (SSSR count). The SMILES string of the molecule is CCOC(=O)C[C@@H](C)[C@@H](N)C(=O)O. The molecule has 0 saturated heterocycles. The van der Waals surface area contributed by atoms with Crippen LogP contribution in [0.5, 0.6) is 0 Å². The molecule has 0 fully saturated rings. The average molecular weight is 189 g/mol. The second kappa shape index (κ2) is 5.53. The van der Waals surface area contributed by atoms with Gasteiger partial charge in [-0.2, -0.15) is 0 Å². The Labute approximate surface area is 76.9 Å². The van der Waals surface area contributed by atoms with E-state index in [1.807, 2.05) is 0 Å². The number of rotatable bonds is 5. The third-order valence-electron chi connectivity index (χ3n) is 1.69. The highest BCUT2D eigenvalue weighted by molar-refractivity contribution is 5.75. The third-order valence-corrected chi connectivity index (χ3v) is 1.69. The Morgan fingerprint density at radius 3 is 2.46 bits per heavy atom. The number of carbonyl (C=O) groups excluding carboxylic acids is 1. The molecule has 0 spiro atoms. The molecule has 0 bridgehead atoms. The number of ether oxygens (including phenoxy) is 1. The van der Waals surface area contributed by atoms with E-state index in [4.69, 9.17) is 10.8 Å². The van der Waals surface area contributed by atoms with Crippen molar-refractivity contribution in [2.24, 2.45) is 11.7 Å². The maximum Gasteiger partial charge on any atom is 0.320 e. The highest BCUT2D eigenvalue weighted by Crippen LogP contribution is 2.07. The number of esters is 1. The first-order chi connectivity index (χ1) is 5.99. The number of aliphatic carboxylic acids is 1. The lowest BCUT2D eigenvalue weighted by atomic mass is 9.99. The summed E-state index contributed by atoms with van der Waals surface area (Å²) in [5.41, 5.74) is 5.30. The first-order valence-electron chi connectivity index (χ1n) is 4.13. The van der Waals surface area contributed by atoms with Crippen LogP contribution in [-0.4, -0.2) is 29.7 Å². The number of carboxylic acids is 1. The van der Waals surface area contributed by atoms with Crippen LogP contribution in [0.1, 0.15) is 20.3 Å². The minimum atomic E-state index is -1.10. The summed E-state index contributed by atoms with van der Waals surface area (Å²) < 4.78 is 4.66. The fraction of sp³-hybridized carbons (Fsp3) is 0.750. The lowest BCUT2D eigenvalue weighted by molar-refractivity contribution is -0.145. The summed E-state index contributed by atoms with van der Waals surface area (Å²) in [6, 6.07) is -1.01. The van der Waals surface area contributed by atoms with Crippen LogP contribution in [0.3, 0.4) is 0 Å². The zero-order valence-corrected chi connectivity index (χ0v) is 7.82. The average Bonchev–Trinajstić information content (AvgIpc) is 2.03. The standard InChI is InChI=1S/C8H15NO4/c1-3-13-6(10)4-5(2)7(9)8(11)12/h5,7H,3-4,9H2,1-2H3,(H,11,12)/t5-,7-/m1/s1. The zero-order valence-electron chi connectivity index (χ0n) is 7.82. The molecular formula is C8H15NO4. The van der Waals surface area contributed by atoms with Gasteiger partial charge >= 0.3 is 11.9 Å². The fourth-order valence-corrected chi connectivity index (χ4v) is 0.853. The van der Waals surface area contributed by atoms with Gasteiger partial charge in [0.25, 0.3) is 0 Å². The van der Waals surface area contributed by atoms with Gasteiger partial charge in [0.1, 0.15) is 6.04 Å². The van der Waals surface area contributed by atoms with Crippen LogP contribution in [0.2, 0.25) is 0 Å². The zero-order chi connectivity index (χ0) is 10.4. The fourth-order valence-electron chi connectivity index (χ4n) is 0.853. The number of carboxylic acid groups (broad SMARTS) is 1. The molecular weight excluding hydrogens is 174 g/mol. The van der Waals surface area contributed by atoms with Crippen LogP contribution in [0, 0.1) is 5.92 Å². The van der Waals surface area contributed by atoms with Gasteiger partial charge in [0.15, 0.2) is 0 Å². The molecule has 0 aromatic heterocycles. The molecule has 0 aliphatic rings. The molecule has 76 valence electrons. The number of hydrogen-bond donors (Lipinski definition) is 2. The van der Waals surface area contributed by atoms with Crippen LogP contribution in [0.15, 0.2) is 0 Å². The second-order valence-corrected chi connectivity index (χ2v) is 2.85. The van der Waals surface area contributed by atoms with Crippen molar-refractivity contribution < 1.29 is 19.4 Å². The molecule has 0 heterocycles. The minimum absolute atomic E-state index is 0.0430. The van der Waals surface area contributed by atoms with Crippen molar-refractivity contribution in [3.8, 4) is 0 Å². The van der Waals surface area contributed by atoms with Gasteiger partial charge in [-0.05, 0) is 12.8 Å². The summed E-state index contributed by atoms with van der Waals surface area (Å²) in [5, 5.41) is 8.52. The Bertz CT molecular complexity index is 193. The van der Waals surface area contributed by atoms with E-state index >= 15 is 0 Å². The molecule has 0 unspecified atom stereocenters. The van der Waals surface area contributed by atoms with Crippen molar-refractivity contribution in [1.82, 2.24) is 0 Å². The first-order valence-corrected chi connectivity index (χ1v) is 4.13. The van der Waals surface area contributed by atoms with Crippen LogP contribution < -0.4 is 5.73 Å². The largest absolute Gasteiger partial charge is 0.480 e. The highest BCUT2D eigenvalue weighted by atomic mass is 16.5. The smallest absolute Gasteiger partial charge is 0.320 e. The molecule has 0 saturated carbocycles. The molecule has 13 heavy (non-hydrogen) atoms. The number of nitrogens with two attached hydrogens (primary N) is 1. The van der Waals surface area contributed by atoms with E-state index in [0.717, 1.165) is 0 Å². The van der Waals surface area contributed by atoms with Crippen molar-refractivity contribution in [2.75, 3.05) is 6.61 Å². The molecule has 5 nitrogen and oxygen atoms in total. The molecule has 0 aromatic carbocycles. The summed E-state index contributed by atoms with van der Waals surface area (Å²) >= 11 is 0. The Morgan fingerprint density at radius 2 is 2.08 bits per heavy atom. The molecule has 3 N–H and O–H groups in total. The minimum Gasteiger partial charge on any atom is -0.480 e. The van der Waals surface area contributed by atoms with Crippen molar-refractivity contribution in [1.29, 1.82) is 0 Å². The van der Waals surface area contributed by atoms with E-state index in [9.17, 15) is 9.59 Å². The maximum absolute atomic E-state index is 10.9. The lowest BCUT2D eigenvalue weighted by Gasteiger charge is -2.14. The Balaban J connectivity index is 3.92. The van der Waals surface area contributed by atoms with Gasteiger partial charge in [-0.25, -0.2) is 0 Å². The quantitative estimate of drug-likeness (QED) is 0.593. The molecule has 0 amide bonds. The number of hydrogen-bond acceptors (Lipinski definition) is 4. The van der Waals surface area contributed by atoms with Crippen LogP contribution >= 0.6 is 0 Å². The van der Waals surface area contributed by atoms with Gasteiger partial charge in [-0.1, -0.05) is 6.92 Å². The molecule has 0 aliphatic heterocycles. The summed E-state index contributed by atoms with van der Waals surface area (Å²) in [6.07, 6.45) is 0.0430. The predicted octanol–water partition coefficient (Wildman–Crippen LogP) is -0.0124. The van der Waals surface area contributed by atoms with Crippen LogP contribution in [0.4, 0.5) is 0 Å². The Morgan fingerprint density at radius 1 is 1.54 bits per heavy atom. The van der Waals surface area contributed by atoms with Crippen molar-refractivity contribution in [2.45, 2.75) is 26.3 Å². The van der Waals surface area contributed by atoms with Crippen molar-refractivity contribution in [3.63, 3.8) is 0 Å². The van der Waals surface area contributed by atoms with Crippen molar-refractivity contribution >= 4 is 11.9 Å². The lowest BCUT2D eigenvalue weighted by Crippen LogP contribution is -2.37. The van der Waals surface area contributed by atoms with E-state index in [-0.39, 0.29) is 6.42 Å². The monoisotopic (exact) mass is 189 g/mol. The summed E-state index contributed by atoms with van der Waals surface area (Å²) in [6.45, 7) is 3.60. The maximum atomic E-state index is 10.9. The summed E-state index contributed by atoms with van der Waals surface area (Å²) in [7, 11) is 0. The highest BCUT2D eigenvalue weighted by Gasteiger charge is 2.22. The number of carbonyl (C=O) groups is 2. The normalized spacial score (nSPS) is 14.7.